The fourth-order valence-corrected chi connectivity index (χ4v) is 6.70. The van der Waals surface area contributed by atoms with Crippen LogP contribution in [0.25, 0.3) is 11.8 Å². The van der Waals surface area contributed by atoms with E-state index in [1.165, 1.54) is 11.3 Å². The van der Waals surface area contributed by atoms with Gasteiger partial charge >= 0.3 is 5.97 Å². The van der Waals surface area contributed by atoms with Crippen molar-refractivity contribution >= 4 is 40.7 Å². The largest absolute Gasteiger partial charge is 0.497 e. The number of fused-ring (bicyclic) bond motifs is 1. The number of esters is 1. The third kappa shape index (κ3) is 6.93. The number of nitrogens with zero attached hydrogens (tertiary/aromatic N) is 2. The number of hydrogen-bond donors (Lipinski definition) is 0. The van der Waals surface area contributed by atoms with Crippen LogP contribution in [0.3, 0.4) is 0 Å². The lowest BCUT2D eigenvalue weighted by Crippen LogP contribution is -2.40. The highest BCUT2D eigenvalue weighted by atomic mass is 35.5. The number of hydrogen-bond acceptors (Lipinski definition) is 8. The molecule has 0 spiro atoms. The third-order valence-electron chi connectivity index (χ3n) is 7.65. The number of methoxy groups -OCH3 is 1. The molecule has 2 heterocycles. The number of aromatic nitrogens is 1. The number of thiazole rings is 1. The average Bonchev–Trinajstić information content (AvgIpc) is 3.41. The van der Waals surface area contributed by atoms with Gasteiger partial charge in [0.1, 0.15) is 12.4 Å². The highest BCUT2D eigenvalue weighted by Crippen LogP contribution is 2.36. The van der Waals surface area contributed by atoms with Crippen molar-refractivity contribution in [1.29, 1.82) is 0 Å². The first-order valence-corrected chi connectivity index (χ1v) is 16.7. The average molecular weight is 681 g/mol. The minimum atomic E-state index is -0.787. The number of benzene rings is 4. The van der Waals surface area contributed by atoms with Crippen molar-refractivity contribution in [1.82, 2.24) is 4.57 Å². The minimum absolute atomic E-state index is 0.172. The van der Waals surface area contributed by atoms with Crippen LogP contribution >= 0.6 is 22.9 Å². The number of rotatable bonds is 11. The fourth-order valence-electron chi connectivity index (χ4n) is 5.48. The van der Waals surface area contributed by atoms with Crippen LogP contribution < -0.4 is 29.1 Å². The molecular weight excluding hydrogens is 648 g/mol. The Kier molecular flexibility index (Phi) is 10.1. The van der Waals surface area contributed by atoms with Crippen LogP contribution in [0.15, 0.2) is 112 Å². The van der Waals surface area contributed by atoms with Crippen LogP contribution in [0.5, 0.6) is 17.2 Å². The van der Waals surface area contributed by atoms with E-state index in [-0.39, 0.29) is 17.7 Å². The van der Waals surface area contributed by atoms with E-state index in [0.29, 0.717) is 50.5 Å². The number of carbonyl (C=O) groups is 1. The van der Waals surface area contributed by atoms with Crippen molar-refractivity contribution in [2.24, 2.45) is 4.99 Å². The fraction of sp³-hybridized carbons (Fsp3) is 0.184. The number of halogens is 1. The molecule has 0 fully saturated rings. The monoisotopic (exact) mass is 680 g/mol. The second-order valence-electron chi connectivity index (χ2n) is 10.8. The van der Waals surface area contributed by atoms with E-state index in [4.69, 9.17) is 35.5 Å². The van der Waals surface area contributed by atoms with Gasteiger partial charge in [-0.2, -0.15) is 0 Å². The van der Waals surface area contributed by atoms with Gasteiger partial charge in [-0.15, -0.1) is 0 Å². The second-order valence-corrected chi connectivity index (χ2v) is 12.2. The first-order chi connectivity index (χ1) is 23.4. The Hall–Kier alpha value is -5.12. The quantitative estimate of drug-likeness (QED) is 0.147. The lowest BCUT2D eigenvalue weighted by Gasteiger charge is -2.26. The summed E-state index contributed by atoms with van der Waals surface area (Å²) < 4.78 is 25.0. The molecule has 5 aromatic rings. The molecule has 0 amide bonds. The van der Waals surface area contributed by atoms with Crippen molar-refractivity contribution < 1.29 is 23.7 Å². The van der Waals surface area contributed by atoms with Gasteiger partial charge in [0, 0.05) is 10.6 Å². The molecule has 0 saturated heterocycles. The lowest BCUT2D eigenvalue weighted by atomic mass is 9.93. The maximum absolute atomic E-state index is 14.3. The summed E-state index contributed by atoms with van der Waals surface area (Å²) in [6.45, 7) is 4.57. The Labute approximate surface area is 286 Å². The van der Waals surface area contributed by atoms with E-state index in [2.05, 4.69) is 0 Å². The summed E-state index contributed by atoms with van der Waals surface area (Å²) in [6, 6.07) is 29.0. The maximum Gasteiger partial charge on any atom is 0.338 e. The van der Waals surface area contributed by atoms with Gasteiger partial charge in [-0.05, 0) is 73.0 Å². The summed E-state index contributed by atoms with van der Waals surface area (Å²) in [5, 5.41) is 0.637. The zero-order valence-corrected chi connectivity index (χ0v) is 28.2. The molecule has 6 rings (SSSR count). The van der Waals surface area contributed by atoms with E-state index in [1.807, 2.05) is 91.9 Å². The Balaban J connectivity index is 1.47. The minimum Gasteiger partial charge on any atom is -0.497 e. The van der Waals surface area contributed by atoms with E-state index >= 15 is 0 Å². The maximum atomic E-state index is 14.3. The van der Waals surface area contributed by atoms with E-state index in [0.717, 1.165) is 22.3 Å². The molecule has 1 atom stereocenters. The van der Waals surface area contributed by atoms with Crippen LogP contribution in [0, 0.1) is 0 Å². The van der Waals surface area contributed by atoms with Crippen molar-refractivity contribution in [3.05, 3.63) is 150 Å². The molecule has 48 heavy (non-hydrogen) atoms. The second kappa shape index (κ2) is 14.8. The summed E-state index contributed by atoms with van der Waals surface area (Å²) >= 11 is 7.39. The third-order valence-corrected chi connectivity index (χ3v) is 8.87. The molecule has 1 aromatic heterocycles. The first-order valence-electron chi connectivity index (χ1n) is 15.5. The molecule has 0 radical (unpaired) electrons. The molecule has 0 N–H and O–H groups in total. The van der Waals surface area contributed by atoms with Gasteiger partial charge < -0.3 is 18.9 Å². The Morgan fingerprint density at radius 1 is 0.917 bits per heavy atom. The first kappa shape index (κ1) is 32.8. The van der Waals surface area contributed by atoms with Gasteiger partial charge in [0.2, 0.25) is 0 Å². The Morgan fingerprint density at radius 2 is 1.71 bits per heavy atom. The SMILES string of the molecule is CCOC(=O)C1=C(c2ccccc2)N=c2s/c(=C\c3ccc(OCc4cccc(Cl)c4)c(OCC)c3)c(=O)n2[C@@H]1c1ccc(OC)cc1. The molecule has 8 nitrogen and oxygen atoms in total. The summed E-state index contributed by atoms with van der Waals surface area (Å²) in [4.78, 5) is 33.3. The number of ether oxygens (including phenoxy) is 4. The van der Waals surface area contributed by atoms with Crippen LogP contribution in [0.1, 0.15) is 42.1 Å². The summed E-state index contributed by atoms with van der Waals surface area (Å²) in [6.07, 6.45) is 1.80. The van der Waals surface area contributed by atoms with Crippen molar-refractivity contribution in [3.63, 3.8) is 0 Å². The zero-order chi connectivity index (χ0) is 33.6. The molecule has 0 bridgehead atoms. The number of carbonyl (C=O) groups excluding carboxylic acids is 1. The van der Waals surface area contributed by atoms with Gasteiger partial charge in [0.25, 0.3) is 5.56 Å². The summed E-state index contributed by atoms with van der Waals surface area (Å²) in [5.74, 6) is 1.24. The lowest BCUT2D eigenvalue weighted by molar-refractivity contribution is -0.138. The molecule has 0 aliphatic carbocycles. The Bertz CT molecular complexity index is 2160. The molecule has 0 unspecified atom stereocenters. The molecule has 10 heteroatoms. The summed E-state index contributed by atoms with van der Waals surface area (Å²) in [5.41, 5.74) is 3.59. The molecule has 244 valence electrons. The van der Waals surface area contributed by atoms with Crippen LogP contribution in [0.2, 0.25) is 5.02 Å². The van der Waals surface area contributed by atoms with Gasteiger partial charge in [0.05, 0.1) is 42.2 Å². The van der Waals surface area contributed by atoms with Crippen LogP contribution in [0.4, 0.5) is 0 Å². The topological polar surface area (TPSA) is 88.4 Å². The molecule has 1 aliphatic rings. The van der Waals surface area contributed by atoms with E-state index < -0.39 is 12.0 Å². The smallest absolute Gasteiger partial charge is 0.338 e. The van der Waals surface area contributed by atoms with E-state index in [9.17, 15) is 9.59 Å². The van der Waals surface area contributed by atoms with Gasteiger partial charge in [-0.3, -0.25) is 9.36 Å². The molecule has 4 aromatic carbocycles. The highest BCUT2D eigenvalue weighted by Gasteiger charge is 2.35. The van der Waals surface area contributed by atoms with E-state index in [1.54, 1.807) is 36.8 Å². The zero-order valence-electron chi connectivity index (χ0n) is 26.6. The van der Waals surface area contributed by atoms with Crippen molar-refractivity contribution in [2.75, 3.05) is 20.3 Å². The standard InChI is InChI=1S/C38H33ClN2O6S/c1-4-45-31-21-24(14-19-30(31)47-23-25-10-9-13-28(39)20-25)22-32-36(42)41-35(27-15-17-29(44-3)18-16-27)33(37(43)46-5-2)34(40-38(41)48-32)26-11-7-6-8-12-26/h6-22,35H,4-5,23H2,1-3H3/b32-22-/t35-/m1/s1. The summed E-state index contributed by atoms with van der Waals surface area (Å²) in [7, 11) is 1.59. The predicted molar refractivity (Wildman–Crippen MR) is 187 cm³/mol. The van der Waals surface area contributed by atoms with Gasteiger partial charge in [-0.25, -0.2) is 9.79 Å². The van der Waals surface area contributed by atoms with Crippen molar-refractivity contribution in [3.8, 4) is 17.2 Å². The molecule has 0 saturated carbocycles. The van der Waals surface area contributed by atoms with Crippen LogP contribution in [-0.2, 0) is 16.1 Å². The Morgan fingerprint density at radius 3 is 2.42 bits per heavy atom. The van der Waals surface area contributed by atoms with Gasteiger partial charge in [0.15, 0.2) is 16.3 Å². The highest BCUT2D eigenvalue weighted by molar-refractivity contribution is 7.07. The van der Waals surface area contributed by atoms with Gasteiger partial charge in [-0.1, -0.05) is 83.6 Å². The normalized spacial score (nSPS) is 14.2. The molecular formula is C38H33ClN2O6S. The van der Waals surface area contributed by atoms with Crippen molar-refractivity contribution in [2.45, 2.75) is 26.5 Å². The van der Waals surface area contributed by atoms with Crippen LogP contribution in [-0.4, -0.2) is 30.9 Å². The predicted octanol–water partition coefficient (Wildman–Crippen LogP) is 6.58. The molecule has 1 aliphatic heterocycles.